The molecule has 0 saturated carbocycles. The molecule has 0 aromatic heterocycles. The average molecular weight is 333 g/mol. The number of hydrogen-bond donors (Lipinski definition) is 0. The molecule has 0 aliphatic rings. The highest BCUT2D eigenvalue weighted by molar-refractivity contribution is 7.79. The fourth-order valence-corrected chi connectivity index (χ4v) is 4.48. The van der Waals surface area contributed by atoms with E-state index in [1.54, 1.807) is 0 Å². The molecule has 0 bridgehead atoms. The Balaban J connectivity index is 0.00000110. The van der Waals surface area contributed by atoms with E-state index in [0.29, 0.717) is 0 Å². The van der Waals surface area contributed by atoms with Gasteiger partial charge in [-0.3, -0.25) is 0 Å². The fraction of sp³-hybridized carbons (Fsp3) is 0. The van der Waals surface area contributed by atoms with Crippen LogP contribution in [-0.4, -0.2) is 0 Å². The standard InChI is InChI=1S/C18H15P.2ClH/c1-4-10-16(11-5-1)19(17-12-6-2-7-13-17)18-14-8-3-9-15-18;;/h1-15H;2*1H/p-2. The third-order valence-corrected chi connectivity index (χ3v) is 5.49. The summed E-state index contributed by atoms with van der Waals surface area (Å²) in [4.78, 5) is 0. The summed E-state index contributed by atoms with van der Waals surface area (Å²) in [5.74, 6) is 0. The monoisotopic (exact) mass is 332 g/mol. The van der Waals surface area contributed by atoms with Crippen molar-refractivity contribution >= 4 is 23.8 Å². The largest absolute Gasteiger partial charge is 1.00 e. The fourth-order valence-electron chi connectivity index (χ4n) is 2.18. The van der Waals surface area contributed by atoms with Gasteiger partial charge in [0, 0.05) is 0 Å². The molecule has 0 aliphatic heterocycles. The van der Waals surface area contributed by atoms with E-state index in [-0.39, 0.29) is 24.8 Å². The lowest BCUT2D eigenvalue weighted by Gasteiger charge is -2.18. The van der Waals surface area contributed by atoms with E-state index in [9.17, 15) is 0 Å². The molecule has 21 heavy (non-hydrogen) atoms. The first-order valence-corrected chi connectivity index (χ1v) is 7.74. The molecule has 0 unspecified atom stereocenters. The summed E-state index contributed by atoms with van der Waals surface area (Å²) in [6.07, 6.45) is 0. The van der Waals surface area contributed by atoms with Crippen LogP contribution < -0.4 is 40.7 Å². The predicted molar refractivity (Wildman–Crippen MR) is 85.1 cm³/mol. The number of hydrogen-bond acceptors (Lipinski definition) is 0. The lowest BCUT2D eigenvalue weighted by molar-refractivity contribution is -0.00100. The maximum Gasteiger partial charge on any atom is -0.0134 e. The van der Waals surface area contributed by atoms with Gasteiger partial charge in [0.25, 0.3) is 0 Å². The molecule has 0 nitrogen and oxygen atoms in total. The third-order valence-electron chi connectivity index (χ3n) is 3.04. The molecule has 0 heterocycles. The van der Waals surface area contributed by atoms with Crippen molar-refractivity contribution in [3.05, 3.63) is 91.0 Å². The van der Waals surface area contributed by atoms with Gasteiger partial charge >= 0.3 is 0 Å². The van der Waals surface area contributed by atoms with E-state index in [0.717, 1.165) is 0 Å². The molecule has 0 saturated heterocycles. The molecular formula is C18H15Cl2P-2. The molecule has 3 rings (SSSR count). The van der Waals surface area contributed by atoms with Gasteiger partial charge in [-0.15, -0.1) is 0 Å². The molecule has 0 atom stereocenters. The summed E-state index contributed by atoms with van der Waals surface area (Å²) in [5, 5.41) is 4.19. The molecule has 0 spiro atoms. The van der Waals surface area contributed by atoms with Crippen LogP contribution in [0, 0.1) is 0 Å². The average Bonchev–Trinajstić information content (AvgIpc) is 2.51. The van der Waals surface area contributed by atoms with Crippen LogP contribution in [0.4, 0.5) is 0 Å². The summed E-state index contributed by atoms with van der Waals surface area (Å²) in [5.41, 5.74) is 0. The Morgan fingerprint density at radius 2 is 0.619 bits per heavy atom. The normalized spacial score (nSPS) is 9.57. The Labute approximate surface area is 139 Å². The number of rotatable bonds is 3. The van der Waals surface area contributed by atoms with Gasteiger partial charge in [0.15, 0.2) is 0 Å². The summed E-state index contributed by atoms with van der Waals surface area (Å²) < 4.78 is 0. The van der Waals surface area contributed by atoms with Gasteiger partial charge in [-0.05, 0) is 23.8 Å². The van der Waals surface area contributed by atoms with Gasteiger partial charge in [0.1, 0.15) is 0 Å². The van der Waals surface area contributed by atoms with Crippen LogP contribution in [0.3, 0.4) is 0 Å². The molecular weight excluding hydrogens is 318 g/mol. The van der Waals surface area contributed by atoms with Gasteiger partial charge in [-0.1, -0.05) is 91.0 Å². The number of benzene rings is 3. The van der Waals surface area contributed by atoms with Crippen molar-refractivity contribution in [1.82, 2.24) is 0 Å². The topological polar surface area (TPSA) is 0 Å². The summed E-state index contributed by atoms with van der Waals surface area (Å²) in [6, 6.07) is 32.3. The van der Waals surface area contributed by atoms with Crippen molar-refractivity contribution in [2.24, 2.45) is 0 Å². The van der Waals surface area contributed by atoms with Gasteiger partial charge in [0.05, 0.1) is 0 Å². The van der Waals surface area contributed by atoms with Crippen LogP contribution in [0.15, 0.2) is 91.0 Å². The van der Waals surface area contributed by atoms with Gasteiger partial charge in [0.2, 0.25) is 0 Å². The van der Waals surface area contributed by atoms with Gasteiger partial charge in [-0.25, -0.2) is 0 Å². The second-order valence-corrected chi connectivity index (χ2v) is 6.56. The van der Waals surface area contributed by atoms with Crippen LogP contribution in [0.25, 0.3) is 0 Å². The summed E-state index contributed by atoms with van der Waals surface area (Å²) in [7, 11) is -0.446. The van der Waals surface area contributed by atoms with Gasteiger partial charge < -0.3 is 24.8 Å². The van der Waals surface area contributed by atoms with E-state index in [4.69, 9.17) is 0 Å². The quantitative estimate of drug-likeness (QED) is 0.463. The first kappa shape index (κ1) is 17.7. The highest BCUT2D eigenvalue weighted by Crippen LogP contribution is 2.32. The minimum atomic E-state index is -0.446. The Morgan fingerprint density at radius 3 is 0.857 bits per heavy atom. The lowest BCUT2D eigenvalue weighted by atomic mass is 10.4. The molecule has 0 aliphatic carbocycles. The molecule has 3 aromatic rings. The minimum Gasteiger partial charge on any atom is -1.00 e. The highest BCUT2D eigenvalue weighted by atomic mass is 35.5. The Kier molecular flexibility index (Phi) is 7.47. The Bertz CT molecular complexity index is 533. The van der Waals surface area contributed by atoms with Crippen molar-refractivity contribution in [3.63, 3.8) is 0 Å². The second kappa shape index (κ2) is 8.85. The van der Waals surface area contributed by atoms with E-state index in [1.807, 2.05) is 0 Å². The van der Waals surface area contributed by atoms with E-state index in [1.165, 1.54) is 15.9 Å². The minimum absolute atomic E-state index is 0. The van der Waals surface area contributed by atoms with Gasteiger partial charge in [-0.2, -0.15) is 0 Å². The first-order valence-electron chi connectivity index (χ1n) is 6.40. The van der Waals surface area contributed by atoms with E-state index >= 15 is 0 Å². The molecule has 108 valence electrons. The molecule has 0 radical (unpaired) electrons. The Hall–Kier alpha value is -1.33. The first-order chi connectivity index (χ1) is 9.45. The summed E-state index contributed by atoms with van der Waals surface area (Å²) >= 11 is 0. The molecule has 3 heteroatoms. The van der Waals surface area contributed by atoms with Crippen LogP contribution >= 0.6 is 7.92 Å². The van der Waals surface area contributed by atoms with Crippen molar-refractivity contribution in [2.75, 3.05) is 0 Å². The van der Waals surface area contributed by atoms with E-state index < -0.39 is 7.92 Å². The Morgan fingerprint density at radius 1 is 0.381 bits per heavy atom. The smallest absolute Gasteiger partial charge is 0.0134 e. The second-order valence-electron chi connectivity index (χ2n) is 4.34. The zero-order valence-electron chi connectivity index (χ0n) is 11.4. The van der Waals surface area contributed by atoms with Crippen molar-refractivity contribution in [3.8, 4) is 0 Å². The zero-order chi connectivity index (χ0) is 12.9. The maximum absolute atomic E-state index is 2.23. The maximum atomic E-state index is 2.23. The predicted octanol–water partition coefficient (Wildman–Crippen LogP) is -2.55. The molecule has 0 amide bonds. The van der Waals surface area contributed by atoms with Crippen LogP contribution in [0.1, 0.15) is 0 Å². The lowest BCUT2D eigenvalue weighted by Crippen LogP contribution is -3.00. The SMILES string of the molecule is [Cl-].[Cl-].c1ccc(P(c2ccccc2)c2ccccc2)cc1. The highest BCUT2D eigenvalue weighted by Gasteiger charge is 2.14. The molecule has 3 aromatic carbocycles. The van der Waals surface area contributed by atoms with Crippen molar-refractivity contribution in [1.29, 1.82) is 0 Å². The molecule has 0 N–H and O–H groups in total. The summed E-state index contributed by atoms with van der Waals surface area (Å²) in [6.45, 7) is 0. The van der Waals surface area contributed by atoms with Crippen LogP contribution in [0.5, 0.6) is 0 Å². The van der Waals surface area contributed by atoms with Crippen molar-refractivity contribution in [2.45, 2.75) is 0 Å². The number of halogens is 2. The zero-order valence-corrected chi connectivity index (χ0v) is 13.8. The molecule has 0 fully saturated rings. The van der Waals surface area contributed by atoms with Crippen LogP contribution in [0.2, 0.25) is 0 Å². The van der Waals surface area contributed by atoms with Crippen molar-refractivity contribution < 1.29 is 24.8 Å². The van der Waals surface area contributed by atoms with Crippen LogP contribution in [-0.2, 0) is 0 Å². The third kappa shape index (κ3) is 4.32. The van der Waals surface area contributed by atoms with E-state index in [2.05, 4.69) is 91.0 Å².